The Kier molecular flexibility index (Phi) is 8.66. The molecule has 4 rings (SSSR count). The molecule has 0 fully saturated rings. The number of nitrogen functional groups attached to an aromatic ring is 1. The first-order valence-electron chi connectivity index (χ1n) is 13.2. The first-order valence-corrected chi connectivity index (χ1v) is 15.5. The lowest BCUT2D eigenvalue weighted by Crippen LogP contribution is -2.41. The summed E-state index contributed by atoms with van der Waals surface area (Å²) in [6.45, 7) is 7.60. The van der Waals surface area contributed by atoms with Gasteiger partial charge in [0.05, 0.1) is 22.6 Å². The molecule has 0 unspecified atom stereocenters. The van der Waals surface area contributed by atoms with Gasteiger partial charge in [-0.05, 0) is 45.6 Å². The van der Waals surface area contributed by atoms with Gasteiger partial charge in [0.1, 0.15) is 22.6 Å². The summed E-state index contributed by atoms with van der Waals surface area (Å²) in [7, 11) is -3.79. The SMILES string of the molecule is CCCN(C(=O)c1ncn[nH]1)[C@H](CC)CCc1nc2c(-c3cnc(C(C)(C)O)c(Cl)c3)cnn2c(N)c1S(C)(=O)=O. The molecule has 4 N–H and O–H groups in total. The molecule has 1 atom stereocenters. The zero-order chi connectivity index (χ0) is 30.1. The lowest BCUT2D eigenvalue weighted by Gasteiger charge is -2.30. The molecule has 0 aliphatic carbocycles. The van der Waals surface area contributed by atoms with E-state index in [-0.39, 0.29) is 45.6 Å². The number of rotatable bonds is 11. The second-order valence-electron chi connectivity index (χ2n) is 10.4. The van der Waals surface area contributed by atoms with Crippen molar-refractivity contribution in [2.75, 3.05) is 18.5 Å². The molecule has 0 aliphatic heterocycles. The van der Waals surface area contributed by atoms with Crippen LogP contribution in [-0.2, 0) is 21.9 Å². The van der Waals surface area contributed by atoms with Crippen LogP contribution in [0.15, 0.2) is 29.7 Å². The average molecular weight is 604 g/mol. The van der Waals surface area contributed by atoms with Crippen molar-refractivity contribution in [3.05, 3.63) is 47.0 Å². The van der Waals surface area contributed by atoms with Crippen molar-refractivity contribution in [1.82, 2.24) is 39.7 Å². The maximum absolute atomic E-state index is 13.2. The van der Waals surface area contributed by atoms with E-state index in [2.05, 4.69) is 25.3 Å². The van der Waals surface area contributed by atoms with Crippen molar-refractivity contribution in [3.63, 3.8) is 0 Å². The molecule has 220 valence electrons. The molecule has 4 aromatic heterocycles. The zero-order valence-corrected chi connectivity index (χ0v) is 25.2. The highest BCUT2D eigenvalue weighted by atomic mass is 35.5. The standard InChI is InChI=1S/C26H34ClN9O4S/c1-6-10-35(25(37)23-30-14-31-34-23)16(7-2)8-9-19-20(41(5,39)40)22(28)36-24(33-19)17(13-32-36)15-11-18(27)21(29-12-15)26(3,4)38/h11-14,16,38H,6-10,28H2,1-5H3,(H,30,31,34)/t16-/m1/s1. The molecule has 0 bridgehead atoms. The fourth-order valence-electron chi connectivity index (χ4n) is 4.88. The van der Waals surface area contributed by atoms with Gasteiger partial charge in [-0.15, -0.1) is 0 Å². The van der Waals surface area contributed by atoms with E-state index in [4.69, 9.17) is 22.3 Å². The van der Waals surface area contributed by atoms with E-state index >= 15 is 0 Å². The highest BCUT2D eigenvalue weighted by molar-refractivity contribution is 7.91. The third-order valence-electron chi connectivity index (χ3n) is 6.78. The lowest BCUT2D eigenvalue weighted by molar-refractivity contribution is 0.0650. The number of aromatic amines is 1. The summed E-state index contributed by atoms with van der Waals surface area (Å²) in [4.78, 5) is 27.9. The Labute approximate surface area is 243 Å². The van der Waals surface area contributed by atoms with Crippen molar-refractivity contribution in [3.8, 4) is 11.1 Å². The molecule has 0 spiro atoms. The Morgan fingerprint density at radius 1 is 1.27 bits per heavy atom. The van der Waals surface area contributed by atoms with Crippen molar-refractivity contribution >= 4 is 38.8 Å². The molecule has 4 aromatic rings. The second-order valence-corrected chi connectivity index (χ2v) is 12.7. The molecule has 1 amide bonds. The van der Waals surface area contributed by atoms with Crippen LogP contribution in [0.1, 0.15) is 69.0 Å². The topological polar surface area (TPSA) is 185 Å². The number of carbonyl (C=O) groups is 1. The number of sulfone groups is 1. The van der Waals surface area contributed by atoms with Gasteiger partial charge in [-0.1, -0.05) is 25.4 Å². The van der Waals surface area contributed by atoms with Crippen LogP contribution in [0.2, 0.25) is 5.02 Å². The van der Waals surface area contributed by atoms with Crippen LogP contribution in [-0.4, -0.2) is 77.9 Å². The first-order chi connectivity index (χ1) is 19.3. The van der Waals surface area contributed by atoms with E-state index in [9.17, 15) is 18.3 Å². The molecule has 41 heavy (non-hydrogen) atoms. The Balaban J connectivity index is 1.76. The third kappa shape index (κ3) is 6.19. The van der Waals surface area contributed by atoms with Crippen LogP contribution < -0.4 is 5.73 Å². The number of aromatic nitrogens is 7. The fraction of sp³-hybridized carbons (Fsp3) is 0.462. The number of hydrogen-bond acceptors (Lipinski definition) is 10. The summed E-state index contributed by atoms with van der Waals surface area (Å²) >= 11 is 6.43. The van der Waals surface area contributed by atoms with Crippen LogP contribution >= 0.6 is 11.6 Å². The number of aliphatic hydroxyl groups is 1. The summed E-state index contributed by atoms with van der Waals surface area (Å²) in [5.74, 6) is -0.203. The highest BCUT2D eigenvalue weighted by Gasteiger charge is 2.29. The summed E-state index contributed by atoms with van der Waals surface area (Å²) in [5.41, 5.74) is 7.17. The van der Waals surface area contributed by atoms with Gasteiger partial charge < -0.3 is 15.7 Å². The number of hydrogen-bond donors (Lipinski definition) is 3. The van der Waals surface area contributed by atoms with Crippen LogP contribution in [0.5, 0.6) is 0 Å². The Hall–Kier alpha value is -3.62. The molecule has 0 saturated carbocycles. The monoisotopic (exact) mass is 603 g/mol. The molecule has 0 aliphatic rings. The number of aryl methyl sites for hydroxylation is 1. The maximum atomic E-state index is 13.2. The van der Waals surface area contributed by atoms with Crippen LogP contribution in [0.3, 0.4) is 0 Å². The molecule has 0 radical (unpaired) electrons. The van der Waals surface area contributed by atoms with Crippen LogP contribution in [0.4, 0.5) is 5.82 Å². The fourth-order valence-corrected chi connectivity index (χ4v) is 6.32. The van der Waals surface area contributed by atoms with E-state index in [0.717, 1.165) is 12.7 Å². The summed E-state index contributed by atoms with van der Waals surface area (Å²) in [6, 6.07) is 1.42. The van der Waals surface area contributed by atoms with Crippen molar-refractivity contribution in [2.24, 2.45) is 0 Å². The number of pyridine rings is 1. The van der Waals surface area contributed by atoms with Crippen molar-refractivity contribution in [2.45, 2.75) is 69.9 Å². The normalized spacial score (nSPS) is 13.0. The number of fused-ring (bicyclic) bond motifs is 1. The van der Waals surface area contributed by atoms with Crippen LogP contribution in [0.25, 0.3) is 16.8 Å². The number of nitrogens with zero attached hydrogens (tertiary/aromatic N) is 7. The largest absolute Gasteiger partial charge is 0.384 e. The third-order valence-corrected chi connectivity index (χ3v) is 8.25. The summed E-state index contributed by atoms with van der Waals surface area (Å²) in [5, 5.41) is 21.3. The maximum Gasteiger partial charge on any atom is 0.291 e. The number of anilines is 1. The van der Waals surface area contributed by atoms with E-state index in [0.29, 0.717) is 41.9 Å². The predicted molar refractivity (Wildman–Crippen MR) is 154 cm³/mol. The predicted octanol–water partition coefficient (Wildman–Crippen LogP) is 3.04. The number of carbonyl (C=O) groups excluding carboxylic acids is 1. The minimum Gasteiger partial charge on any atom is -0.384 e. The average Bonchev–Trinajstić information content (AvgIpc) is 3.57. The van der Waals surface area contributed by atoms with Gasteiger partial charge in [0.2, 0.25) is 5.82 Å². The summed E-state index contributed by atoms with van der Waals surface area (Å²) in [6.07, 6.45) is 7.43. The highest BCUT2D eigenvalue weighted by Crippen LogP contribution is 2.33. The van der Waals surface area contributed by atoms with Crippen LogP contribution in [0, 0.1) is 0 Å². The zero-order valence-electron chi connectivity index (χ0n) is 23.6. The van der Waals surface area contributed by atoms with Gasteiger partial charge in [0.15, 0.2) is 15.5 Å². The van der Waals surface area contributed by atoms with E-state index in [1.807, 2.05) is 13.8 Å². The van der Waals surface area contributed by atoms with E-state index in [1.54, 1.807) is 31.0 Å². The number of halogens is 1. The molecular formula is C26H34ClN9O4S. The van der Waals surface area contributed by atoms with E-state index < -0.39 is 15.4 Å². The second kappa shape index (κ2) is 11.7. The smallest absolute Gasteiger partial charge is 0.291 e. The van der Waals surface area contributed by atoms with Gasteiger partial charge in [-0.2, -0.15) is 14.7 Å². The summed E-state index contributed by atoms with van der Waals surface area (Å²) < 4.78 is 27.1. The lowest BCUT2D eigenvalue weighted by atomic mass is 10.0. The number of nitrogens with one attached hydrogen (secondary N) is 1. The Bertz CT molecular complexity index is 1660. The Morgan fingerprint density at radius 3 is 2.56 bits per heavy atom. The van der Waals surface area contributed by atoms with E-state index in [1.165, 1.54) is 17.0 Å². The quantitative estimate of drug-likeness (QED) is 0.230. The Morgan fingerprint density at radius 2 is 2.00 bits per heavy atom. The van der Waals surface area contributed by atoms with Crippen molar-refractivity contribution < 1.29 is 18.3 Å². The number of nitrogens with two attached hydrogens (primary N) is 1. The van der Waals surface area contributed by atoms with Gasteiger partial charge in [-0.25, -0.2) is 18.4 Å². The number of H-pyrrole nitrogens is 1. The van der Waals surface area contributed by atoms with Gasteiger partial charge in [0.25, 0.3) is 5.91 Å². The molecule has 0 aromatic carbocycles. The molecule has 15 heteroatoms. The minimum absolute atomic E-state index is 0.0675. The molecular weight excluding hydrogens is 570 g/mol. The number of amides is 1. The molecule has 13 nitrogen and oxygen atoms in total. The molecule has 0 saturated heterocycles. The molecule has 4 heterocycles. The van der Waals surface area contributed by atoms with Crippen molar-refractivity contribution in [1.29, 1.82) is 0 Å². The van der Waals surface area contributed by atoms with Gasteiger partial charge >= 0.3 is 0 Å². The first kappa shape index (κ1) is 30.3. The van der Waals surface area contributed by atoms with Gasteiger partial charge in [-0.3, -0.25) is 14.9 Å². The minimum atomic E-state index is -3.79. The van der Waals surface area contributed by atoms with Gasteiger partial charge in [0, 0.05) is 36.2 Å².